The standard InChI is InChI=1S/C20H27N5O3/c1-14(2)19-22-18(23-28-19)8-12-25(15(3)26)17-5-4-11-24(13-17)20(27)16-6-9-21-10-7-16/h6-7,9-10,14,17H,4-5,8,11-13H2,1-3H3. The predicted octanol–water partition coefficient (Wildman–Crippen LogP) is 2.28. The molecule has 2 aromatic heterocycles. The fourth-order valence-electron chi connectivity index (χ4n) is 3.49. The number of amides is 2. The zero-order chi connectivity index (χ0) is 20.1. The summed E-state index contributed by atoms with van der Waals surface area (Å²) in [6.07, 6.45) is 5.51. The molecule has 150 valence electrons. The lowest BCUT2D eigenvalue weighted by Gasteiger charge is -2.39. The van der Waals surface area contributed by atoms with Crippen molar-refractivity contribution in [1.82, 2.24) is 24.9 Å². The third-order valence-corrected chi connectivity index (χ3v) is 5.01. The first-order valence-electron chi connectivity index (χ1n) is 9.74. The highest BCUT2D eigenvalue weighted by molar-refractivity contribution is 5.94. The smallest absolute Gasteiger partial charge is 0.254 e. The molecule has 0 saturated carbocycles. The van der Waals surface area contributed by atoms with Gasteiger partial charge in [0, 0.05) is 62.9 Å². The summed E-state index contributed by atoms with van der Waals surface area (Å²) < 4.78 is 5.24. The number of piperidine rings is 1. The van der Waals surface area contributed by atoms with Crippen molar-refractivity contribution in [3.8, 4) is 0 Å². The van der Waals surface area contributed by atoms with E-state index in [0.717, 1.165) is 12.8 Å². The molecule has 2 amide bonds. The van der Waals surface area contributed by atoms with Crippen molar-refractivity contribution in [2.45, 2.75) is 52.0 Å². The van der Waals surface area contributed by atoms with Crippen LogP contribution in [0.2, 0.25) is 0 Å². The molecule has 1 aliphatic heterocycles. The number of likely N-dealkylation sites (tertiary alicyclic amines) is 1. The Balaban J connectivity index is 1.64. The summed E-state index contributed by atoms with van der Waals surface area (Å²) in [6.45, 7) is 7.30. The Morgan fingerprint density at radius 1 is 1.32 bits per heavy atom. The van der Waals surface area contributed by atoms with E-state index in [9.17, 15) is 9.59 Å². The van der Waals surface area contributed by atoms with E-state index in [1.54, 1.807) is 31.5 Å². The molecule has 0 spiro atoms. The second-order valence-corrected chi connectivity index (χ2v) is 7.45. The molecule has 28 heavy (non-hydrogen) atoms. The van der Waals surface area contributed by atoms with Crippen LogP contribution in [0, 0.1) is 0 Å². The summed E-state index contributed by atoms with van der Waals surface area (Å²) in [7, 11) is 0. The van der Waals surface area contributed by atoms with Gasteiger partial charge in [-0.3, -0.25) is 14.6 Å². The van der Waals surface area contributed by atoms with Gasteiger partial charge in [0.05, 0.1) is 0 Å². The summed E-state index contributed by atoms with van der Waals surface area (Å²) in [4.78, 5) is 37.0. The Labute approximate surface area is 164 Å². The molecule has 1 fully saturated rings. The molecule has 1 atom stereocenters. The van der Waals surface area contributed by atoms with E-state index in [4.69, 9.17) is 4.52 Å². The number of hydrogen-bond acceptors (Lipinski definition) is 6. The number of rotatable bonds is 6. The van der Waals surface area contributed by atoms with Crippen LogP contribution in [0.5, 0.6) is 0 Å². The second kappa shape index (κ2) is 8.95. The van der Waals surface area contributed by atoms with Crippen LogP contribution in [-0.4, -0.2) is 62.4 Å². The van der Waals surface area contributed by atoms with Crippen LogP contribution in [0.3, 0.4) is 0 Å². The highest BCUT2D eigenvalue weighted by atomic mass is 16.5. The van der Waals surface area contributed by atoms with Gasteiger partial charge in [-0.1, -0.05) is 19.0 Å². The minimum atomic E-state index is -0.0182. The predicted molar refractivity (Wildman–Crippen MR) is 103 cm³/mol. The van der Waals surface area contributed by atoms with Crippen LogP contribution in [0.15, 0.2) is 29.0 Å². The lowest BCUT2D eigenvalue weighted by molar-refractivity contribution is -0.132. The van der Waals surface area contributed by atoms with Gasteiger partial charge in [0.2, 0.25) is 11.8 Å². The van der Waals surface area contributed by atoms with Gasteiger partial charge in [0.15, 0.2) is 5.82 Å². The average Bonchev–Trinajstić information content (AvgIpc) is 3.18. The van der Waals surface area contributed by atoms with E-state index in [0.29, 0.717) is 43.3 Å². The normalized spacial score (nSPS) is 17.0. The molecule has 0 aliphatic carbocycles. The maximum atomic E-state index is 12.7. The number of carbonyl (C=O) groups is 2. The minimum absolute atomic E-state index is 0.00390. The first kappa shape index (κ1) is 20.0. The van der Waals surface area contributed by atoms with E-state index in [1.807, 2.05) is 23.6 Å². The first-order chi connectivity index (χ1) is 13.5. The molecule has 1 aliphatic rings. The van der Waals surface area contributed by atoms with Crippen LogP contribution in [0.4, 0.5) is 0 Å². The van der Waals surface area contributed by atoms with Crippen molar-refractivity contribution in [3.63, 3.8) is 0 Å². The molecule has 8 nitrogen and oxygen atoms in total. The van der Waals surface area contributed by atoms with Gasteiger partial charge < -0.3 is 14.3 Å². The first-order valence-corrected chi connectivity index (χ1v) is 9.74. The fourth-order valence-corrected chi connectivity index (χ4v) is 3.49. The van der Waals surface area contributed by atoms with Crippen molar-refractivity contribution in [2.75, 3.05) is 19.6 Å². The summed E-state index contributed by atoms with van der Waals surface area (Å²) in [5.74, 6) is 1.37. The zero-order valence-electron chi connectivity index (χ0n) is 16.7. The van der Waals surface area contributed by atoms with Crippen LogP contribution in [0.1, 0.15) is 61.6 Å². The zero-order valence-corrected chi connectivity index (χ0v) is 16.7. The van der Waals surface area contributed by atoms with Crippen molar-refractivity contribution >= 4 is 11.8 Å². The third-order valence-electron chi connectivity index (χ3n) is 5.01. The fraction of sp³-hybridized carbons (Fsp3) is 0.550. The largest absolute Gasteiger partial charge is 0.339 e. The number of pyridine rings is 1. The Morgan fingerprint density at radius 3 is 2.71 bits per heavy atom. The molecule has 0 N–H and O–H groups in total. The number of nitrogens with zero attached hydrogens (tertiary/aromatic N) is 5. The van der Waals surface area contributed by atoms with Gasteiger partial charge in [-0.15, -0.1) is 0 Å². The maximum Gasteiger partial charge on any atom is 0.254 e. The van der Waals surface area contributed by atoms with E-state index in [2.05, 4.69) is 15.1 Å². The van der Waals surface area contributed by atoms with Gasteiger partial charge >= 0.3 is 0 Å². The van der Waals surface area contributed by atoms with Gasteiger partial charge in [-0.25, -0.2) is 0 Å². The van der Waals surface area contributed by atoms with Crippen molar-refractivity contribution in [1.29, 1.82) is 0 Å². The van der Waals surface area contributed by atoms with Crippen LogP contribution in [0.25, 0.3) is 0 Å². The van der Waals surface area contributed by atoms with E-state index >= 15 is 0 Å². The van der Waals surface area contributed by atoms with Crippen LogP contribution < -0.4 is 0 Å². The molecule has 2 aromatic rings. The Morgan fingerprint density at radius 2 is 2.07 bits per heavy atom. The van der Waals surface area contributed by atoms with E-state index < -0.39 is 0 Å². The highest BCUT2D eigenvalue weighted by Gasteiger charge is 2.30. The molecule has 3 rings (SSSR count). The SMILES string of the molecule is CC(=O)N(CCc1noc(C(C)C)n1)C1CCCN(C(=O)c2ccncc2)C1. The lowest BCUT2D eigenvalue weighted by Crippen LogP contribution is -2.51. The summed E-state index contributed by atoms with van der Waals surface area (Å²) in [6, 6.07) is 3.43. The topological polar surface area (TPSA) is 92.4 Å². The highest BCUT2D eigenvalue weighted by Crippen LogP contribution is 2.19. The van der Waals surface area contributed by atoms with Crippen molar-refractivity contribution in [3.05, 3.63) is 41.8 Å². The quantitative estimate of drug-likeness (QED) is 0.757. The minimum Gasteiger partial charge on any atom is -0.339 e. The Kier molecular flexibility index (Phi) is 6.38. The molecular formula is C20H27N5O3. The number of aromatic nitrogens is 3. The Hall–Kier alpha value is -2.77. The van der Waals surface area contributed by atoms with Crippen molar-refractivity contribution < 1.29 is 14.1 Å². The van der Waals surface area contributed by atoms with E-state index in [-0.39, 0.29) is 23.8 Å². The van der Waals surface area contributed by atoms with Crippen LogP contribution >= 0.6 is 0 Å². The number of carbonyl (C=O) groups excluding carboxylic acids is 2. The number of hydrogen-bond donors (Lipinski definition) is 0. The van der Waals surface area contributed by atoms with Crippen LogP contribution in [-0.2, 0) is 11.2 Å². The molecular weight excluding hydrogens is 358 g/mol. The van der Waals surface area contributed by atoms with Gasteiger partial charge in [0.25, 0.3) is 5.91 Å². The maximum absolute atomic E-state index is 12.7. The van der Waals surface area contributed by atoms with Gasteiger partial charge in [0.1, 0.15) is 0 Å². The van der Waals surface area contributed by atoms with Gasteiger partial charge in [-0.2, -0.15) is 4.98 Å². The molecule has 8 heteroatoms. The summed E-state index contributed by atoms with van der Waals surface area (Å²) >= 11 is 0. The lowest BCUT2D eigenvalue weighted by atomic mass is 10.0. The van der Waals surface area contributed by atoms with Gasteiger partial charge in [-0.05, 0) is 25.0 Å². The molecule has 1 unspecified atom stereocenters. The molecule has 1 saturated heterocycles. The van der Waals surface area contributed by atoms with E-state index in [1.165, 1.54) is 0 Å². The van der Waals surface area contributed by atoms with Crippen molar-refractivity contribution in [2.24, 2.45) is 0 Å². The molecule has 0 bridgehead atoms. The summed E-state index contributed by atoms with van der Waals surface area (Å²) in [5, 5.41) is 4.00. The summed E-state index contributed by atoms with van der Waals surface area (Å²) in [5.41, 5.74) is 0.623. The molecule has 0 aromatic carbocycles. The average molecular weight is 385 g/mol. The Bertz CT molecular complexity index is 805. The molecule has 3 heterocycles. The monoisotopic (exact) mass is 385 g/mol. The second-order valence-electron chi connectivity index (χ2n) is 7.45. The third kappa shape index (κ3) is 4.74. The molecule has 0 radical (unpaired) electrons.